The molecule has 0 bridgehead atoms. The summed E-state index contributed by atoms with van der Waals surface area (Å²) >= 11 is 0. The van der Waals surface area contributed by atoms with Crippen molar-refractivity contribution in [1.82, 2.24) is 9.97 Å². The number of hydrogen-bond acceptors (Lipinski definition) is 3. The fourth-order valence-corrected chi connectivity index (χ4v) is 0.668. The highest BCUT2D eigenvalue weighted by Gasteiger charge is 2.07. The molecular weight excluding hydrogens is 144 g/mol. The Labute approximate surface area is 63.2 Å². The van der Waals surface area contributed by atoms with Gasteiger partial charge in [-0.25, -0.2) is 14.8 Å². The lowest BCUT2D eigenvalue weighted by atomic mass is 10.2. The Hall–Kier alpha value is -1.71. The van der Waals surface area contributed by atoms with Crippen molar-refractivity contribution >= 4 is 12.0 Å². The number of nitrogens with zero attached hydrogens (tertiary/aromatic N) is 2. The van der Waals surface area contributed by atoms with E-state index in [2.05, 4.69) is 16.5 Å². The molecule has 0 aliphatic carbocycles. The van der Waals surface area contributed by atoms with E-state index in [1.165, 1.54) is 18.6 Å². The zero-order valence-electron chi connectivity index (χ0n) is 5.69. The SMILES string of the molecule is C=Cc1cncnc1C(=O)O. The van der Waals surface area contributed by atoms with Crippen molar-refractivity contribution in [3.05, 3.63) is 30.4 Å². The standard InChI is InChI=1S/C7H6N2O2/c1-2-5-3-8-4-9-6(5)7(10)11/h2-4H,1H2,(H,10,11). The van der Waals surface area contributed by atoms with Crippen LogP contribution in [-0.4, -0.2) is 21.0 Å². The van der Waals surface area contributed by atoms with E-state index in [4.69, 9.17) is 5.11 Å². The summed E-state index contributed by atoms with van der Waals surface area (Å²) in [6, 6.07) is 0. The molecule has 1 aromatic rings. The third kappa shape index (κ3) is 1.40. The minimum atomic E-state index is -1.07. The van der Waals surface area contributed by atoms with Gasteiger partial charge in [0, 0.05) is 11.8 Å². The maximum absolute atomic E-state index is 10.4. The second kappa shape index (κ2) is 2.92. The number of aromatic nitrogens is 2. The van der Waals surface area contributed by atoms with E-state index in [1.807, 2.05) is 0 Å². The maximum Gasteiger partial charge on any atom is 0.355 e. The lowest BCUT2D eigenvalue weighted by Crippen LogP contribution is -2.03. The minimum Gasteiger partial charge on any atom is -0.476 e. The average Bonchev–Trinajstić information content (AvgIpc) is 2.04. The van der Waals surface area contributed by atoms with Gasteiger partial charge >= 0.3 is 5.97 Å². The molecule has 0 atom stereocenters. The Morgan fingerprint density at radius 3 is 2.91 bits per heavy atom. The first-order chi connectivity index (χ1) is 5.25. The van der Waals surface area contributed by atoms with Gasteiger partial charge in [0.1, 0.15) is 6.33 Å². The van der Waals surface area contributed by atoms with Crippen LogP contribution in [-0.2, 0) is 0 Å². The van der Waals surface area contributed by atoms with Crippen LogP contribution in [0.25, 0.3) is 6.08 Å². The highest BCUT2D eigenvalue weighted by atomic mass is 16.4. The van der Waals surface area contributed by atoms with Crippen LogP contribution >= 0.6 is 0 Å². The number of aromatic carboxylic acids is 1. The van der Waals surface area contributed by atoms with Gasteiger partial charge in [-0.15, -0.1) is 0 Å². The predicted octanol–water partition coefficient (Wildman–Crippen LogP) is 0.818. The largest absolute Gasteiger partial charge is 0.476 e. The second-order valence-electron chi connectivity index (χ2n) is 1.84. The second-order valence-corrected chi connectivity index (χ2v) is 1.84. The molecule has 0 aromatic carbocycles. The molecule has 1 rings (SSSR count). The fraction of sp³-hybridized carbons (Fsp3) is 0. The van der Waals surface area contributed by atoms with Gasteiger partial charge in [0.05, 0.1) is 0 Å². The van der Waals surface area contributed by atoms with Gasteiger partial charge in [-0.2, -0.15) is 0 Å². The molecule has 0 fully saturated rings. The van der Waals surface area contributed by atoms with Gasteiger partial charge in [-0.1, -0.05) is 12.7 Å². The highest BCUT2D eigenvalue weighted by Crippen LogP contribution is 2.03. The topological polar surface area (TPSA) is 63.1 Å². The molecule has 0 amide bonds. The molecule has 0 saturated carbocycles. The molecule has 1 heterocycles. The normalized spacial score (nSPS) is 9.09. The smallest absolute Gasteiger partial charge is 0.355 e. The molecule has 11 heavy (non-hydrogen) atoms. The molecule has 1 aromatic heterocycles. The van der Waals surface area contributed by atoms with Crippen molar-refractivity contribution in [1.29, 1.82) is 0 Å². The van der Waals surface area contributed by atoms with Crippen LogP contribution in [0.15, 0.2) is 19.1 Å². The molecule has 0 aliphatic rings. The van der Waals surface area contributed by atoms with Crippen molar-refractivity contribution < 1.29 is 9.90 Å². The third-order valence-electron chi connectivity index (χ3n) is 1.16. The van der Waals surface area contributed by atoms with Crippen LogP contribution in [0.2, 0.25) is 0 Å². The predicted molar refractivity (Wildman–Crippen MR) is 39.1 cm³/mol. The summed E-state index contributed by atoms with van der Waals surface area (Å²) in [7, 11) is 0. The highest BCUT2D eigenvalue weighted by molar-refractivity contribution is 5.89. The Morgan fingerprint density at radius 2 is 2.45 bits per heavy atom. The van der Waals surface area contributed by atoms with E-state index in [-0.39, 0.29) is 5.69 Å². The average molecular weight is 150 g/mol. The summed E-state index contributed by atoms with van der Waals surface area (Å²) in [5, 5.41) is 8.56. The Bertz CT molecular complexity index is 296. The van der Waals surface area contributed by atoms with Gasteiger partial charge < -0.3 is 5.11 Å². The van der Waals surface area contributed by atoms with E-state index in [9.17, 15) is 4.79 Å². The summed E-state index contributed by atoms with van der Waals surface area (Å²) < 4.78 is 0. The first-order valence-corrected chi connectivity index (χ1v) is 2.91. The molecule has 0 unspecified atom stereocenters. The Balaban J connectivity index is 3.22. The van der Waals surface area contributed by atoms with E-state index in [0.29, 0.717) is 5.56 Å². The first-order valence-electron chi connectivity index (χ1n) is 2.91. The summed E-state index contributed by atoms with van der Waals surface area (Å²) in [4.78, 5) is 17.7. The van der Waals surface area contributed by atoms with E-state index in [0.717, 1.165) is 0 Å². The summed E-state index contributed by atoms with van der Waals surface area (Å²) in [5.41, 5.74) is 0.412. The Kier molecular flexibility index (Phi) is 1.96. The van der Waals surface area contributed by atoms with Crippen LogP contribution in [0.4, 0.5) is 0 Å². The van der Waals surface area contributed by atoms with Gasteiger partial charge in [-0.3, -0.25) is 0 Å². The number of carboxylic acid groups (broad SMARTS) is 1. The lowest BCUT2D eigenvalue weighted by molar-refractivity contribution is 0.0690. The zero-order valence-corrected chi connectivity index (χ0v) is 5.69. The molecule has 0 spiro atoms. The van der Waals surface area contributed by atoms with Crippen molar-refractivity contribution in [2.75, 3.05) is 0 Å². The van der Waals surface area contributed by atoms with Gasteiger partial charge in [0.2, 0.25) is 0 Å². The van der Waals surface area contributed by atoms with Crippen LogP contribution in [0.3, 0.4) is 0 Å². The number of carbonyl (C=O) groups is 1. The van der Waals surface area contributed by atoms with Gasteiger partial charge in [0.15, 0.2) is 5.69 Å². The minimum absolute atomic E-state index is 0.0185. The number of carboxylic acids is 1. The number of rotatable bonds is 2. The monoisotopic (exact) mass is 150 g/mol. The molecule has 1 N–H and O–H groups in total. The van der Waals surface area contributed by atoms with E-state index >= 15 is 0 Å². The maximum atomic E-state index is 10.4. The number of hydrogen-bond donors (Lipinski definition) is 1. The van der Waals surface area contributed by atoms with E-state index in [1.54, 1.807) is 0 Å². The van der Waals surface area contributed by atoms with Crippen LogP contribution in [0, 0.1) is 0 Å². The first kappa shape index (κ1) is 7.40. The molecule has 4 heteroatoms. The molecule has 0 saturated heterocycles. The van der Waals surface area contributed by atoms with Crippen LogP contribution in [0.5, 0.6) is 0 Å². The molecular formula is C7H6N2O2. The Morgan fingerprint density at radius 1 is 1.73 bits per heavy atom. The summed E-state index contributed by atoms with van der Waals surface area (Å²) in [6.45, 7) is 3.43. The van der Waals surface area contributed by atoms with Crippen LogP contribution in [0.1, 0.15) is 16.1 Å². The van der Waals surface area contributed by atoms with Gasteiger partial charge in [0.25, 0.3) is 0 Å². The fourth-order valence-electron chi connectivity index (χ4n) is 0.668. The van der Waals surface area contributed by atoms with Gasteiger partial charge in [-0.05, 0) is 0 Å². The van der Waals surface area contributed by atoms with Crippen LogP contribution < -0.4 is 0 Å². The molecule has 0 radical (unpaired) electrons. The summed E-state index contributed by atoms with van der Waals surface area (Å²) in [6.07, 6.45) is 4.00. The molecule has 4 nitrogen and oxygen atoms in total. The zero-order chi connectivity index (χ0) is 8.27. The van der Waals surface area contributed by atoms with Crippen molar-refractivity contribution in [3.63, 3.8) is 0 Å². The quantitative estimate of drug-likeness (QED) is 0.677. The molecule has 0 aliphatic heterocycles. The third-order valence-corrected chi connectivity index (χ3v) is 1.16. The van der Waals surface area contributed by atoms with E-state index < -0.39 is 5.97 Å². The molecule has 56 valence electrons. The van der Waals surface area contributed by atoms with Crippen molar-refractivity contribution in [3.8, 4) is 0 Å². The van der Waals surface area contributed by atoms with Crippen molar-refractivity contribution in [2.45, 2.75) is 0 Å². The summed E-state index contributed by atoms with van der Waals surface area (Å²) in [5.74, 6) is -1.07. The lowest BCUT2D eigenvalue weighted by Gasteiger charge is -1.95. The van der Waals surface area contributed by atoms with Crippen molar-refractivity contribution in [2.24, 2.45) is 0 Å².